The summed E-state index contributed by atoms with van der Waals surface area (Å²) < 4.78 is 15.4. The minimum absolute atomic E-state index is 0.167. The third kappa shape index (κ3) is 1.61. The van der Waals surface area contributed by atoms with Gasteiger partial charge >= 0.3 is 0 Å². The van der Waals surface area contributed by atoms with Crippen LogP contribution in [0.25, 0.3) is 0 Å². The van der Waals surface area contributed by atoms with Crippen molar-refractivity contribution in [1.29, 1.82) is 0 Å². The maximum absolute atomic E-state index is 9.62. The van der Waals surface area contributed by atoms with E-state index in [0.717, 1.165) is 6.42 Å². The van der Waals surface area contributed by atoms with Gasteiger partial charge in [-0.1, -0.05) is 6.92 Å². The standard InChI is InChI=1S/C8H16O4/c1-4-5-6(9)7(10-2)8(11-3)12-5/h5-9H,4H2,1-3H3/t5-,6-,7?,8+/m1/s1. The van der Waals surface area contributed by atoms with E-state index in [1.165, 1.54) is 0 Å². The highest BCUT2D eigenvalue weighted by atomic mass is 16.7. The van der Waals surface area contributed by atoms with Crippen molar-refractivity contribution in [1.82, 2.24) is 0 Å². The number of rotatable bonds is 3. The maximum Gasteiger partial charge on any atom is 0.186 e. The van der Waals surface area contributed by atoms with Gasteiger partial charge in [-0.3, -0.25) is 0 Å². The van der Waals surface area contributed by atoms with Gasteiger partial charge in [-0.05, 0) is 6.42 Å². The van der Waals surface area contributed by atoms with Gasteiger partial charge in [-0.15, -0.1) is 0 Å². The molecule has 4 atom stereocenters. The second kappa shape index (κ2) is 4.18. The first-order valence-electron chi connectivity index (χ1n) is 4.13. The van der Waals surface area contributed by atoms with E-state index in [2.05, 4.69) is 0 Å². The van der Waals surface area contributed by atoms with Crippen LogP contribution in [0.5, 0.6) is 0 Å². The van der Waals surface area contributed by atoms with E-state index in [0.29, 0.717) is 0 Å². The SMILES string of the molecule is CC[C@H]1O[C@H](OC)C(OC)[C@@H]1O. The number of methoxy groups -OCH3 is 2. The van der Waals surface area contributed by atoms with Crippen LogP contribution in [0.4, 0.5) is 0 Å². The molecule has 0 aromatic carbocycles. The Hall–Kier alpha value is -0.160. The quantitative estimate of drug-likeness (QED) is 0.664. The largest absolute Gasteiger partial charge is 0.387 e. The van der Waals surface area contributed by atoms with Crippen LogP contribution in [0.3, 0.4) is 0 Å². The van der Waals surface area contributed by atoms with Gasteiger partial charge in [0.2, 0.25) is 0 Å². The summed E-state index contributed by atoms with van der Waals surface area (Å²) in [6.07, 6.45) is -0.777. The summed E-state index contributed by atoms with van der Waals surface area (Å²) in [5.41, 5.74) is 0. The maximum atomic E-state index is 9.62. The number of hydrogen-bond acceptors (Lipinski definition) is 4. The van der Waals surface area contributed by atoms with Gasteiger partial charge < -0.3 is 19.3 Å². The van der Waals surface area contributed by atoms with Crippen LogP contribution in [-0.4, -0.2) is 43.9 Å². The average molecular weight is 176 g/mol. The summed E-state index contributed by atoms with van der Waals surface area (Å²) in [5.74, 6) is 0. The van der Waals surface area contributed by atoms with Crippen LogP contribution in [0.15, 0.2) is 0 Å². The zero-order valence-electron chi connectivity index (χ0n) is 7.69. The Labute approximate surface area is 72.4 Å². The molecule has 72 valence electrons. The monoisotopic (exact) mass is 176 g/mol. The Morgan fingerprint density at radius 3 is 2.33 bits per heavy atom. The van der Waals surface area contributed by atoms with Crippen LogP contribution in [0, 0.1) is 0 Å². The molecule has 0 amide bonds. The second-order valence-electron chi connectivity index (χ2n) is 2.88. The van der Waals surface area contributed by atoms with Gasteiger partial charge in [0.05, 0.1) is 6.10 Å². The third-order valence-corrected chi connectivity index (χ3v) is 2.20. The molecule has 4 nitrogen and oxygen atoms in total. The highest BCUT2D eigenvalue weighted by Gasteiger charge is 2.43. The van der Waals surface area contributed by atoms with Gasteiger partial charge in [0.1, 0.15) is 12.2 Å². The smallest absolute Gasteiger partial charge is 0.186 e. The van der Waals surface area contributed by atoms with Crippen molar-refractivity contribution in [2.24, 2.45) is 0 Å². The number of aliphatic hydroxyl groups is 1. The van der Waals surface area contributed by atoms with Gasteiger partial charge in [0.15, 0.2) is 6.29 Å². The fourth-order valence-corrected chi connectivity index (χ4v) is 1.48. The molecule has 1 unspecified atom stereocenters. The van der Waals surface area contributed by atoms with Crippen LogP contribution in [0.1, 0.15) is 13.3 Å². The molecule has 1 heterocycles. The van der Waals surface area contributed by atoms with E-state index in [4.69, 9.17) is 14.2 Å². The molecule has 0 saturated carbocycles. The molecule has 0 spiro atoms. The summed E-state index contributed by atoms with van der Waals surface area (Å²) in [6.45, 7) is 1.96. The molecule has 1 saturated heterocycles. The Morgan fingerprint density at radius 2 is 2.00 bits per heavy atom. The van der Waals surface area contributed by atoms with Gasteiger partial charge in [-0.25, -0.2) is 0 Å². The zero-order chi connectivity index (χ0) is 9.14. The molecule has 1 N–H and O–H groups in total. The van der Waals surface area contributed by atoms with E-state index < -0.39 is 12.4 Å². The molecule has 0 aliphatic carbocycles. The molecule has 0 bridgehead atoms. The molecule has 12 heavy (non-hydrogen) atoms. The van der Waals surface area contributed by atoms with E-state index in [-0.39, 0.29) is 12.2 Å². The lowest BCUT2D eigenvalue weighted by Gasteiger charge is -2.16. The van der Waals surface area contributed by atoms with E-state index in [1.807, 2.05) is 6.92 Å². The zero-order valence-corrected chi connectivity index (χ0v) is 7.69. The minimum atomic E-state index is -0.579. The van der Waals surface area contributed by atoms with Crippen LogP contribution >= 0.6 is 0 Å². The predicted octanol–water partition coefficient (Wildman–Crippen LogP) is 0.144. The number of aliphatic hydroxyl groups excluding tert-OH is 1. The minimum Gasteiger partial charge on any atom is -0.387 e. The lowest BCUT2D eigenvalue weighted by Crippen LogP contribution is -2.34. The molecule has 0 radical (unpaired) electrons. The fourth-order valence-electron chi connectivity index (χ4n) is 1.48. The molecule has 0 aromatic rings. The van der Waals surface area contributed by atoms with E-state index in [9.17, 15) is 5.11 Å². The highest BCUT2D eigenvalue weighted by molar-refractivity contribution is 4.86. The lowest BCUT2D eigenvalue weighted by atomic mass is 10.1. The van der Waals surface area contributed by atoms with Crippen LogP contribution < -0.4 is 0 Å². The summed E-state index contributed by atoms with van der Waals surface area (Å²) in [4.78, 5) is 0. The van der Waals surface area contributed by atoms with Crippen LogP contribution in [-0.2, 0) is 14.2 Å². The van der Waals surface area contributed by atoms with E-state index >= 15 is 0 Å². The van der Waals surface area contributed by atoms with Gasteiger partial charge in [-0.2, -0.15) is 0 Å². The average Bonchev–Trinajstić information content (AvgIpc) is 2.41. The molecule has 1 fully saturated rings. The molecular formula is C8H16O4. The number of hydrogen-bond donors (Lipinski definition) is 1. The first kappa shape index (κ1) is 9.92. The van der Waals surface area contributed by atoms with Crippen molar-refractivity contribution in [3.05, 3.63) is 0 Å². The normalized spacial score (nSPS) is 42.0. The van der Waals surface area contributed by atoms with Crippen molar-refractivity contribution < 1.29 is 19.3 Å². The van der Waals surface area contributed by atoms with Crippen molar-refractivity contribution in [3.63, 3.8) is 0 Å². The van der Waals surface area contributed by atoms with Crippen molar-refractivity contribution in [3.8, 4) is 0 Å². The first-order valence-corrected chi connectivity index (χ1v) is 4.13. The third-order valence-electron chi connectivity index (χ3n) is 2.20. The Morgan fingerprint density at radius 1 is 1.33 bits per heavy atom. The Bertz CT molecular complexity index is 137. The number of ether oxygens (including phenoxy) is 3. The van der Waals surface area contributed by atoms with Crippen LogP contribution in [0.2, 0.25) is 0 Å². The lowest BCUT2D eigenvalue weighted by molar-refractivity contribution is -0.155. The topological polar surface area (TPSA) is 47.9 Å². The molecule has 0 aromatic heterocycles. The van der Waals surface area contributed by atoms with Crippen molar-refractivity contribution in [2.45, 2.75) is 37.9 Å². The summed E-state index contributed by atoms with van der Waals surface area (Å²) in [6, 6.07) is 0. The van der Waals surface area contributed by atoms with Crippen molar-refractivity contribution >= 4 is 0 Å². The van der Waals surface area contributed by atoms with Gasteiger partial charge in [0.25, 0.3) is 0 Å². The first-order chi connectivity index (χ1) is 5.74. The molecular weight excluding hydrogens is 160 g/mol. The highest BCUT2D eigenvalue weighted by Crippen LogP contribution is 2.25. The molecule has 1 aliphatic heterocycles. The predicted molar refractivity (Wildman–Crippen MR) is 42.8 cm³/mol. The molecule has 1 aliphatic rings. The summed E-state index contributed by atoms with van der Waals surface area (Å²) in [7, 11) is 3.09. The Kier molecular flexibility index (Phi) is 3.46. The van der Waals surface area contributed by atoms with Gasteiger partial charge in [0, 0.05) is 14.2 Å². The Balaban J connectivity index is 2.58. The second-order valence-corrected chi connectivity index (χ2v) is 2.88. The fraction of sp³-hybridized carbons (Fsp3) is 1.00. The van der Waals surface area contributed by atoms with Crippen molar-refractivity contribution in [2.75, 3.05) is 14.2 Å². The molecule has 1 rings (SSSR count). The van der Waals surface area contributed by atoms with E-state index in [1.54, 1.807) is 14.2 Å². The summed E-state index contributed by atoms with van der Waals surface area (Å²) in [5, 5.41) is 9.62. The summed E-state index contributed by atoms with van der Waals surface area (Å²) >= 11 is 0. The molecule has 4 heteroatoms.